The highest BCUT2D eigenvalue weighted by molar-refractivity contribution is 9.11. The average Bonchev–Trinajstić information content (AvgIpc) is 3.17. The van der Waals surface area contributed by atoms with Crippen LogP contribution >= 0.6 is 66.7 Å². The molecule has 0 saturated heterocycles. The maximum atomic E-state index is 12.0. The lowest BCUT2D eigenvalue weighted by Crippen LogP contribution is -2.19. The summed E-state index contributed by atoms with van der Waals surface area (Å²) >= 11 is 11.0. The van der Waals surface area contributed by atoms with Crippen molar-refractivity contribution in [2.45, 2.75) is 14.4 Å². The monoisotopic (exact) mass is 572 g/mol. The first-order valence-electron chi connectivity index (χ1n) is 8.14. The first kappa shape index (κ1) is 22.3. The van der Waals surface area contributed by atoms with Crippen LogP contribution in [-0.4, -0.2) is 33.2 Å². The Labute approximate surface area is 196 Å². The Morgan fingerprint density at radius 2 is 1.90 bits per heavy atom. The van der Waals surface area contributed by atoms with E-state index in [1.807, 2.05) is 18.2 Å². The number of aromatic nitrogens is 2. The zero-order chi connectivity index (χ0) is 20.6. The molecule has 29 heavy (non-hydrogen) atoms. The van der Waals surface area contributed by atoms with Gasteiger partial charge < -0.3 is 5.11 Å². The van der Waals surface area contributed by atoms with Crippen molar-refractivity contribution in [3.8, 4) is 5.75 Å². The predicted molar refractivity (Wildman–Crippen MR) is 126 cm³/mol. The number of aromatic hydroxyl groups is 1. The highest BCUT2D eigenvalue weighted by atomic mass is 79.9. The molecule has 2 aromatic carbocycles. The average molecular weight is 574 g/mol. The van der Waals surface area contributed by atoms with Gasteiger partial charge in [-0.3, -0.25) is 4.79 Å². The molecule has 2 N–H and O–H groups in total. The Morgan fingerprint density at radius 3 is 2.66 bits per heavy atom. The lowest BCUT2D eigenvalue weighted by atomic mass is 10.2. The SMILES string of the molecule is O=C(CSc1nnc(SCc2ccccc2)s1)NN=Cc1cc(Br)cc(Br)c1O. The van der Waals surface area contributed by atoms with E-state index in [9.17, 15) is 9.90 Å². The predicted octanol–water partition coefficient (Wildman–Crippen LogP) is 5.30. The number of rotatable bonds is 8. The second-order valence-electron chi connectivity index (χ2n) is 5.52. The molecule has 0 atom stereocenters. The number of benzene rings is 2. The minimum absolute atomic E-state index is 0.0509. The van der Waals surface area contributed by atoms with Crippen molar-refractivity contribution in [3.63, 3.8) is 0 Å². The first-order valence-corrected chi connectivity index (χ1v) is 12.5. The van der Waals surface area contributed by atoms with E-state index in [2.05, 4.69) is 64.7 Å². The van der Waals surface area contributed by atoms with Crippen LogP contribution in [0.3, 0.4) is 0 Å². The van der Waals surface area contributed by atoms with E-state index >= 15 is 0 Å². The summed E-state index contributed by atoms with van der Waals surface area (Å²) in [5, 5.41) is 22.1. The van der Waals surface area contributed by atoms with Gasteiger partial charge in [0.25, 0.3) is 5.91 Å². The van der Waals surface area contributed by atoms with Crippen molar-refractivity contribution >= 4 is 78.8 Å². The van der Waals surface area contributed by atoms with Crippen LogP contribution in [-0.2, 0) is 10.5 Å². The summed E-state index contributed by atoms with van der Waals surface area (Å²) in [5.74, 6) is 0.778. The largest absolute Gasteiger partial charge is 0.506 e. The van der Waals surface area contributed by atoms with E-state index < -0.39 is 0 Å². The molecular weight excluding hydrogens is 560 g/mol. The van der Waals surface area contributed by atoms with Crippen LogP contribution in [0.5, 0.6) is 5.75 Å². The van der Waals surface area contributed by atoms with E-state index in [1.54, 1.807) is 23.9 Å². The summed E-state index contributed by atoms with van der Waals surface area (Å²) in [7, 11) is 0. The molecule has 0 spiro atoms. The van der Waals surface area contributed by atoms with Crippen molar-refractivity contribution in [1.82, 2.24) is 15.6 Å². The number of nitrogens with zero attached hydrogens (tertiary/aromatic N) is 3. The molecule has 1 aromatic heterocycles. The minimum atomic E-state index is -0.270. The Balaban J connectivity index is 1.44. The molecule has 0 bridgehead atoms. The van der Waals surface area contributed by atoms with Gasteiger partial charge in [0.1, 0.15) is 5.75 Å². The fraction of sp³-hybridized carbons (Fsp3) is 0.111. The third-order valence-electron chi connectivity index (χ3n) is 3.37. The Hall–Kier alpha value is -1.40. The molecule has 0 unspecified atom stereocenters. The molecule has 1 heterocycles. The van der Waals surface area contributed by atoms with Gasteiger partial charge in [-0.1, -0.05) is 81.1 Å². The molecule has 0 aliphatic rings. The number of hydrogen-bond donors (Lipinski definition) is 2. The highest BCUT2D eigenvalue weighted by Crippen LogP contribution is 2.31. The van der Waals surface area contributed by atoms with Gasteiger partial charge in [0.05, 0.1) is 16.4 Å². The molecule has 0 radical (unpaired) electrons. The van der Waals surface area contributed by atoms with Gasteiger partial charge in [-0.05, 0) is 33.6 Å². The minimum Gasteiger partial charge on any atom is -0.506 e. The molecule has 6 nitrogen and oxygen atoms in total. The number of hydrazone groups is 1. The van der Waals surface area contributed by atoms with Crippen molar-refractivity contribution < 1.29 is 9.90 Å². The third kappa shape index (κ3) is 7.10. The van der Waals surface area contributed by atoms with Crippen LogP contribution in [0, 0.1) is 0 Å². The first-order chi connectivity index (χ1) is 14.0. The van der Waals surface area contributed by atoms with Crippen molar-refractivity contribution in [2.75, 3.05) is 5.75 Å². The summed E-state index contributed by atoms with van der Waals surface area (Å²) < 4.78 is 2.91. The van der Waals surface area contributed by atoms with Crippen LogP contribution in [0.15, 0.2) is 65.2 Å². The molecule has 0 saturated carbocycles. The summed E-state index contributed by atoms with van der Waals surface area (Å²) in [6, 6.07) is 13.6. The van der Waals surface area contributed by atoms with Crippen LogP contribution in [0.25, 0.3) is 0 Å². The van der Waals surface area contributed by atoms with Gasteiger partial charge in [0.15, 0.2) is 8.68 Å². The Kier molecular flexibility index (Phi) is 8.54. The number of amides is 1. The number of hydrogen-bond acceptors (Lipinski definition) is 8. The Bertz CT molecular complexity index is 1020. The molecule has 3 rings (SSSR count). The number of phenolic OH excluding ortho intramolecular Hbond substituents is 1. The maximum Gasteiger partial charge on any atom is 0.250 e. The van der Waals surface area contributed by atoms with Gasteiger partial charge in [-0.15, -0.1) is 10.2 Å². The number of carbonyl (C=O) groups is 1. The Morgan fingerprint density at radius 1 is 1.17 bits per heavy atom. The highest BCUT2D eigenvalue weighted by Gasteiger charge is 2.09. The van der Waals surface area contributed by atoms with Crippen LogP contribution in [0.4, 0.5) is 0 Å². The molecule has 0 aliphatic heterocycles. The summed E-state index contributed by atoms with van der Waals surface area (Å²) in [6.07, 6.45) is 1.39. The van der Waals surface area contributed by atoms with Gasteiger partial charge in [0, 0.05) is 15.8 Å². The second kappa shape index (κ2) is 11.1. The molecule has 150 valence electrons. The van der Waals surface area contributed by atoms with Crippen molar-refractivity contribution in [1.29, 1.82) is 0 Å². The van der Waals surface area contributed by atoms with Crippen LogP contribution < -0.4 is 5.43 Å². The van der Waals surface area contributed by atoms with Crippen molar-refractivity contribution in [3.05, 3.63) is 62.5 Å². The van der Waals surface area contributed by atoms with Crippen LogP contribution in [0.2, 0.25) is 0 Å². The fourth-order valence-electron chi connectivity index (χ4n) is 2.05. The molecule has 11 heteroatoms. The maximum absolute atomic E-state index is 12.0. The topological polar surface area (TPSA) is 87.5 Å². The molecule has 3 aromatic rings. The number of nitrogens with one attached hydrogen (secondary N) is 1. The standard InChI is InChI=1S/C18H14Br2N4O2S3/c19-13-6-12(16(26)14(20)7-13)8-21-22-15(25)10-28-18-24-23-17(29-18)27-9-11-4-2-1-3-5-11/h1-8,26H,9-10H2,(H,22,25). The fourth-order valence-corrected chi connectivity index (χ4v) is 6.08. The van der Waals surface area contributed by atoms with Crippen molar-refractivity contribution in [2.24, 2.45) is 5.10 Å². The lowest BCUT2D eigenvalue weighted by molar-refractivity contribution is -0.118. The quantitative estimate of drug-likeness (QED) is 0.216. The van der Waals surface area contributed by atoms with Gasteiger partial charge in [-0.2, -0.15) is 5.10 Å². The summed E-state index contributed by atoms with van der Waals surface area (Å²) in [4.78, 5) is 12.0. The number of carbonyl (C=O) groups excluding carboxylic acids is 1. The number of thioether (sulfide) groups is 2. The van der Waals surface area contributed by atoms with E-state index in [0.29, 0.717) is 10.0 Å². The second-order valence-corrected chi connectivity index (χ2v) is 10.7. The molecule has 0 fully saturated rings. The van der Waals surface area contributed by atoms with E-state index in [0.717, 1.165) is 18.9 Å². The molecule has 1 amide bonds. The summed E-state index contributed by atoms with van der Waals surface area (Å²) in [5.41, 5.74) is 4.14. The van der Waals surface area contributed by atoms with Gasteiger partial charge >= 0.3 is 0 Å². The van der Waals surface area contributed by atoms with E-state index in [1.165, 1.54) is 34.9 Å². The third-order valence-corrected chi connectivity index (χ3v) is 7.69. The van der Waals surface area contributed by atoms with E-state index in [4.69, 9.17) is 0 Å². The number of phenols is 1. The van der Waals surface area contributed by atoms with Gasteiger partial charge in [0.2, 0.25) is 0 Å². The zero-order valence-corrected chi connectivity index (χ0v) is 20.3. The number of halogens is 2. The smallest absolute Gasteiger partial charge is 0.250 e. The summed E-state index contributed by atoms with van der Waals surface area (Å²) in [6.45, 7) is 0. The zero-order valence-electron chi connectivity index (χ0n) is 14.7. The molecular formula is C18H14Br2N4O2S3. The van der Waals surface area contributed by atoms with Crippen LogP contribution in [0.1, 0.15) is 11.1 Å². The normalized spacial score (nSPS) is 11.1. The van der Waals surface area contributed by atoms with E-state index in [-0.39, 0.29) is 17.4 Å². The molecule has 0 aliphatic carbocycles. The van der Waals surface area contributed by atoms with Gasteiger partial charge in [-0.25, -0.2) is 5.43 Å². The lowest BCUT2D eigenvalue weighted by Gasteiger charge is -2.03.